The number of carbonyl (C=O) groups is 3. The van der Waals surface area contributed by atoms with Gasteiger partial charge in [0.2, 0.25) is 0 Å². The van der Waals surface area contributed by atoms with Crippen molar-refractivity contribution in [1.29, 1.82) is 0 Å². The Morgan fingerprint density at radius 3 is 2.06 bits per heavy atom. The lowest BCUT2D eigenvalue weighted by Gasteiger charge is -2.31. The van der Waals surface area contributed by atoms with Gasteiger partial charge in [-0.05, 0) is 20.3 Å². The van der Waals surface area contributed by atoms with Gasteiger partial charge in [-0.2, -0.15) is 0 Å². The van der Waals surface area contributed by atoms with E-state index in [1.54, 1.807) is 13.8 Å². The average molecular weight is 245 g/mol. The monoisotopic (exact) mass is 245 g/mol. The van der Waals surface area contributed by atoms with Gasteiger partial charge >= 0.3 is 11.9 Å². The van der Waals surface area contributed by atoms with Crippen LogP contribution in [0.1, 0.15) is 33.6 Å². The van der Waals surface area contributed by atoms with Crippen LogP contribution >= 0.6 is 0 Å². The Hall–Kier alpha value is -1.43. The molecule has 0 radical (unpaired) electrons. The first-order chi connectivity index (χ1) is 7.81. The van der Waals surface area contributed by atoms with Gasteiger partial charge in [0, 0.05) is 6.54 Å². The third kappa shape index (κ3) is 4.95. The van der Waals surface area contributed by atoms with E-state index < -0.39 is 24.0 Å². The summed E-state index contributed by atoms with van der Waals surface area (Å²) in [5.74, 6) is -2.22. The van der Waals surface area contributed by atoms with Crippen LogP contribution in [0.4, 0.5) is 0 Å². The van der Waals surface area contributed by atoms with E-state index in [0.29, 0.717) is 6.42 Å². The standard InChI is InChI=1S/C11H19NO5/c1-4-9(11(16)17)12(6-5-10(14)15)7(2)8(3)13/h7,9H,4-6H2,1-3H3,(H,14,15)(H,16,17). The average Bonchev–Trinajstić information content (AvgIpc) is 2.21. The second-order valence-corrected chi connectivity index (χ2v) is 3.93. The Balaban J connectivity index is 4.87. The van der Waals surface area contributed by atoms with E-state index in [0.717, 1.165) is 0 Å². The molecule has 0 aromatic carbocycles. The summed E-state index contributed by atoms with van der Waals surface area (Å²) < 4.78 is 0. The van der Waals surface area contributed by atoms with Gasteiger partial charge in [-0.1, -0.05) is 6.92 Å². The Bertz CT molecular complexity index is 302. The number of rotatable bonds is 8. The zero-order valence-corrected chi connectivity index (χ0v) is 10.3. The molecule has 0 heterocycles. The number of carbonyl (C=O) groups excluding carboxylic acids is 1. The van der Waals surface area contributed by atoms with Gasteiger partial charge in [-0.15, -0.1) is 0 Å². The predicted octanol–water partition coefficient (Wildman–Crippen LogP) is 0.604. The smallest absolute Gasteiger partial charge is 0.320 e. The van der Waals surface area contributed by atoms with Gasteiger partial charge < -0.3 is 10.2 Å². The van der Waals surface area contributed by atoms with Crippen molar-refractivity contribution < 1.29 is 24.6 Å². The highest BCUT2D eigenvalue weighted by molar-refractivity contribution is 5.82. The van der Waals surface area contributed by atoms with Crippen LogP contribution in [0.5, 0.6) is 0 Å². The maximum absolute atomic E-state index is 11.3. The maximum Gasteiger partial charge on any atom is 0.320 e. The molecule has 2 N–H and O–H groups in total. The van der Waals surface area contributed by atoms with Gasteiger partial charge in [0.25, 0.3) is 0 Å². The molecule has 17 heavy (non-hydrogen) atoms. The number of Topliss-reactive ketones (excluding diaryl/α,β-unsaturated/α-hetero) is 1. The first kappa shape index (κ1) is 15.6. The Morgan fingerprint density at radius 1 is 1.24 bits per heavy atom. The van der Waals surface area contributed by atoms with Crippen LogP contribution in [-0.2, 0) is 14.4 Å². The molecule has 0 rings (SSSR count). The molecule has 2 atom stereocenters. The molecule has 2 unspecified atom stereocenters. The minimum atomic E-state index is -1.04. The van der Waals surface area contributed by atoms with Crippen molar-refractivity contribution >= 4 is 17.7 Å². The minimum Gasteiger partial charge on any atom is -0.481 e. The lowest BCUT2D eigenvalue weighted by molar-refractivity contribution is -0.147. The first-order valence-corrected chi connectivity index (χ1v) is 5.52. The fourth-order valence-electron chi connectivity index (χ4n) is 1.63. The molecule has 0 aromatic rings. The summed E-state index contributed by atoms with van der Waals surface area (Å²) in [4.78, 5) is 34.3. The van der Waals surface area contributed by atoms with Crippen molar-refractivity contribution in [3.63, 3.8) is 0 Å². The van der Waals surface area contributed by atoms with Gasteiger partial charge in [0.15, 0.2) is 0 Å². The summed E-state index contributed by atoms with van der Waals surface area (Å²) in [5, 5.41) is 17.7. The van der Waals surface area contributed by atoms with Crippen molar-refractivity contribution in [2.45, 2.75) is 45.7 Å². The van der Waals surface area contributed by atoms with Crippen LogP contribution in [0.2, 0.25) is 0 Å². The molecule has 6 heteroatoms. The third-order valence-corrected chi connectivity index (χ3v) is 2.74. The molecule has 0 aromatic heterocycles. The Kier molecular flexibility index (Phi) is 6.42. The Morgan fingerprint density at radius 2 is 1.76 bits per heavy atom. The summed E-state index contributed by atoms with van der Waals surface area (Å²) in [5.41, 5.74) is 0. The summed E-state index contributed by atoms with van der Waals surface area (Å²) in [7, 11) is 0. The second kappa shape index (κ2) is 7.01. The highest BCUT2D eigenvalue weighted by Crippen LogP contribution is 2.11. The normalized spacial score (nSPS) is 14.4. The van der Waals surface area contributed by atoms with E-state index in [9.17, 15) is 14.4 Å². The van der Waals surface area contributed by atoms with Crippen molar-refractivity contribution in [3.05, 3.63) is 0 Å². The molecule has 0 spiro atoms. The fourth-order valence-corrected chi connectivity index (χ4v) is 1.63. The van der Waals surface area contributed by atoms with E-state index in [2.05, 4.69) is 0 Å². The van der Waals surface area contributed by atoms with E-state index >= 15 is 0 Å². The van der Waals surface area contributed by atoms with E-state index in [1.807, 2.05) is 0 Å². The zero-order chi connectivity index (χ0) is 13.6. The lowest BCUT2D eigenvalue weighted by atomic mass is 10.1. The van der Waals surface area contributed by atoms with Crippen molar-refractivity contribution in [3.8, 4) is 0 Å². The second-order valence-electron chi connectivity index (χ2n) is 3.93. The fraction of sp³-hybridized carbons (Fsp3) is 0.727. The highest BCUT2D eigenvalue weighted by atomic mass is 16.4. The summed E-state index contributed by atoms with van der Waals surface area (Å²) >= 11 is 0. The molecule has 0 saturated carbocycles. The molecular weight excluding hydrogens is 226 g/mol. The largest absolute Gasteiger partial charge is 0.481 e. The lowest BCUT2D eigenvalue weighted by Crippen LogP contribution is -2.49. The van der Waals surface area contributed by atoms with Gasteiger partial charge in [0.05, 0.1) is 12.5 Å². The molecule has 6 nitrogen and oxygen atoms in total. The number of nitrogens with zero attached hydrogens (tertiary/aromatic N) is 1. The number of aliphatic carboxylic acids is 2. The van der Waals surface area contributed by atoms with Crippen LogP contribution in [0, 0.1) is 0 Å². The molecule has 0 aliphatic heterocycles. The van der Waals surface area contributed by atoms with Gasteiger partial charge in [0.1, 0.15) is 11.8 Å². The van der Waals surface area contributed by atoms with Crippen molar-refractivity contribution in [2.24, 2.45) is 0 Å². The number of hydrogen-bond donors (Lipinski definition) is 2. The molecular formula is C11H19NO5. The van der Waals surface area contributed by atoms with Gasteiger partial charge in [-0.25, -0.2) is 0 Å². The topological polar surface area (TPSA) is 94.9 Å². The van der Waals surface area contributed by atoms with Gasteiger partial charge in [-0.3, -0.25) is 19.3 Å². The van der Waals surface area contributed by atoms with Crippen LogP contribution in [0.25, 0.3) is 0 Å². The van der Waals surface area contributed by atoms with E-state index in [4.69, 9.17) is 10.2 Å². The summed E-state index contributed by atoms with van der Waals surface area (Å²) in [6, 6.07) is -1.41. The molecule has 0 fully saturated rings. The minimum absolute atomic E-state index is 0.0564. The van der Waals surface area contributed by atoms with E-state index in [1.165, 1.54) is 11.8 Å². The third-order valence-electron chi connectivity index (χ3n) is 2.74. The van der Waals surface area contributed by atoms with Crippen molar-refractivity contribution in [2.75, 3.05) is 6.54 Å². The van der Waals surface area contributed by atoms with Crippen LogP contribution in [0.3, 0.4) is 0 Å². The van der Waals surface area contributed by atoms with Crippen molar-refractivity contribution in [1.82, 2.24) is 4.90 Å². The summed E-state index contributed by atoms with van der Waals surface area (Å²) in [6.45, 7) is 4.71. The first-order valence-electron chi connectivity index (χ1n) is 5.52. The molecule has 98 valence electrons. The number of ketones is 1. The Labute approximate surface area is 100 Å². The zero-order valence-electron chi connectivity index (χ0n) is 10.3. The molecule has 0 bridgehead atoms. The number of carboxylic acid groups (broad SMARTS) is 2. The molecule has 0 aliphatic carbocycles. The molecule has 0 saturated heterocycles. The number of carboxylic acids is 2. The molecule has 0 amide bonds. The SMILES string of the molecule is CCC(C(=O)O)N(CCC(=O)O)C(C)C(C)=O. The quantitative estimate of drug-likeness (QED) is 0.650. The van der Waals surface area contributed by atoms with E-state index in [-0.39, 0.29) is 18.7 Å². The highest BCUT2D eigenvalue weighted by Gasteiger charge is 2.30. The number of hydrogen-bond acceptors (Lipinski definition) is 4. The van der Waals surface area contributed by atoms with Crippen LogP contribution in [0.15, 0.2) is 0 Å². The molecule has 0 aliphatic rings. The van der Waals surface area contributed by atoms with Crippen LogP contribution < -0.4 is 0 Å². The predicted molar refractivity (Wildman–Crippen MR) is 60.8 cm³/mol. The van der Waals surface area contributed by atoms with Crippen LogP contribution in [-0.4, -0.2) is 51.5 Å². The summed E-state index contributed by atoms with van der Waals surface area (Å²) in [6.07, 6.45) is 0.147. The maximum atomic E-state index is 11.3.